The summed E-state index contributed by atoms with van der Waals surface area (Å²) in [6, 6.07) is 0. The lowest BCUT2D eigenvalue weighted by Gasteiger charge is -2.30. The van der Waals surface area contributed by atoms with E-state index in [1.807, 2.05) is 6.92 Å². The molecule has 0 spiro atoms. The van der Waals surface area contributed by atoms with E-state index in [0.29, 0.717) is 13.1 Å². The molecule has 4 atom stereocenters. The number of nitrogens with zero attached hydrogens (tertiary/aromatic N) is 2. The van der Waals surface area contributed by atoms with Crippen LogP contribution in [0.2, 0.25) is 0 Å². The molecule has 0 radical (unpaired) electrons. The molecule has 30 heavy (non-hydrogen) atoms. The van der Waals surface area contributed by atoms with E-state index in [2.05, 4.69) is 27.8 Å². The standard InChI is InChI=1S/C23H36N4O3/c1-3-30-13-10-23(8-4-5-9-23)15-26-22(24-2)25-11-12-27-20(28)18-16-6-7-17(14-16)19(18)21(27)29/h6-7,16-19H,3-5,8-15H2,1-2H3,(H2,24,25,26). The number of allylic oxidation sites excluding steroid dienone is 2. The van der Waals surface area contributed by atoms with Gasteiger partial charge in [0, 0.05) is 39.9 Å². The maximum atomic E-state index is 12.8. The minimum absolute atomic E-state index is 0.0208. The van der Waals surface area contributed by atoms with Crippen molar-refractivity contribution in [2.45, 2.75) is 45.4 Å². The zero-order valence-corrected chi connectivity index (χ0v) is 18.4. The van der Waals surface area contributed by atoms with Crippen molar-refractivity contribution >= 4 is 17.8 Å². The van der Waals surface area contributed by atoms with Gasteiger partial charge in [-0.25, -0.2) is 0 Å². The number of rotatable bonds is 9. The number of carbonyl (C=O) groups is 2. The van der Waals surface area contributed by atoms with Crippen molar-refractivity contribution in [1.82, 2.24) is 15.5 Å². The lowest BCUT2D eigenvalue weighted by Crippen LogP contribution is -2.46. The average molecular weight is 417 g/mol. The molecular weight excluding hydrogens is 380 g/mol. The van der Waals surface area contributed by atoms with Gasteiger partial charge in [0.1, 0.15) is 0 Å². The second-order valence-electron chi connectivity index (χ2n) is 9.33. The number of guanidine groups is 1. The van der Waals surface area contributed by atoms with Gasteiger partial charge in [0.05, 0.1) is 11.8 Å². The first-order chi connectivity index (χ1) is 14.6. The summed E-state index contributed by atoms with van der Waals surface area (Å²) in [6.07, 6.45) is 11.3. The quantitative estimate of drug-likeness (QED) is 0.197. The van der Waals surface area contributed by atoms with Gasteiger partial charge in [0.25, 0.3) is 0 Å². The van der Waals surface area contributed by atoms with Crippen molar-refractivity contribution < 1.29 is 14.3 Å². The Hall–Kier alpha value is -1.89. The largest absolute Gasteiger partial charge is 0.382 e. The van der Waals surface area contributed by atoms with Gasteiger partial charge in [-0.1, -0.05) is 25.0 Å². The maximum absolute atomic E-state index is 12.8. The van der Waals surface area contributed by atoms with Crippen LogP contribution in [0.1, 0.15) is 45.4 Å². The number of fused-ring (bicyclic) bond motifs is 5. The highest BCUT2D eigenvalue weighted by Crippen LogP contribution is 2.52. The molecule has 4 rings (SSSR count). The van der Waals surface area contributed by atoms with Crippen LogP contribution in [0.25, 0.3) is 0 Å². The number of hydrogen-bond donors (Lipinski definition) is 2. The van der Waals surface area contributed by atoms with E-state index in [9.17, 15) is 9.59 Å². The number of imide groups is 1. The van der Waals surface area contributed by atoms with E-state index >= 15 is 0 Å². The molecule has 3 aliphatic carbocycles. The van der Waals surface area contributed by atoms with Crippen LogP contribution in [0.15, 0.2) is 17.1 Å². The number of likely N-dealkylation sites (tertiary alicyclic amines) is 1. The van der Waals surface area contributed by atoms with Gasteiger partial charge >= 0.3 is 0 Å². The van der Waals surface area contributed by atoms with Crippen LogP contribution in [0, 0.1) is 29.1 Å². The molecule has 166 valence electrons. The second kappa shape index (κ2) is 9.08. The maximum Gasteiger partial charge on any atom is 0.233 e. The number of carbonyl (C=O) groups excluding carboxylic acids is 2. The summed E-state index contributed by atoms with van der Waals surface area (Å²) in [5.41, 5.74) is 0.275. The highest BCUT2D eigenvalue weighted by Gasteiger charge is 2.58. The number of amides is 2. The van der Waals surface area contributed by atoms with Crippen LogP contribution < -0.4 is 10.6 Å². The Morgan fingerprint density at radius 3 is 2.43 bits per heavy atom. The molecule has 0 aromatic carbocycles. The fraction of sp³-hybridized carbons (Fsp3) is 0.783. The average Bonchev–Trinajstić information content (AvgIpc) is 3.52. The highest BCUT2D eigenvalue weighted by atomic mass is 16.5. The predicted molar refractivity (Wildman–Crippen MR) is 116 cm³/mol. The molecule has 4 aliphatic rings. The zero-order chi connectivity index (χ0) is 21.1. The van der Waals surface area contributed by atoms with E-state index in [1.165, 1.54) is 30.6 Å². The fourth-order valence-corrected chi connectivity index (χ4v) is 6.04. The Balaban J connectivity index is 1.24. The molecule has 1 heterocycles. The SMILES string of the molecule is CCOCCC1(CNC(=NC)NCCN2C(=O)C3C4C=CC(C4)C3C2=O)CCCC1. The number of aliphatic imine (C=N–C) groups is 1. The van der Waals surface area contributed by atoms with Gasteiger partial charge in [-0.15, -0.1) is 0 Å². The molecule has 3 fully saturated rings. The van der Waals surface area contributed by atoms with Crippen LogP contribution in [-0.2, 0) is 14.3 Å². The molecule has 2 amide bonds. The molecule has 7 heteroatoms. The van der Waals surface area contributed by atoms with E-state index < -0.39 is 0 Å². The van der Waals surface area contributed by atoms with Gasteiger partial charge in [-0.05, 0) is 49.9 Å². The lowest BCUT2D eigenvalue weighted by molar-refractivity contribution is -0.140. The molecule has 2 N–H and O–H groups in total. The summed E-state index contributed by atoms with van der Waals surface area (Å²) < 4.78 is 5.60. The van der Waals surface area contributed by atoms with Gasteiger partial charge in [-0.2, -0.15) is 0 Å². The van der Waals surface area contributed by atoms with Gasteiger partial charge in [-0.3, -0.25) is 19.5 Å². The molecule has 4 unspecified atom stereocenters. The number of hydrogen-bond acceptors (Lipinski definition) is 4. The highest BCUT2D eigenvalue weighted by molar-refractivity contribution is 6.06. The molecule has 0 aromatic rings. The topological polar surface area (TPSA) is 83.0 Å². The summed E-state index contributed by atoms with van der Waals surface area (Å²) in [7, 11) is 1.76. The Morgan fingerprint density at radius 2 is 1.83 bits per heavy atom. The summed E-state index contributed by atoms with van der Waals surface area (Å²) >= 11 is 0. The Bertz CT molecular complexity index is 683. The third-order valence-electron chi connectivity index (χ3n) is 7.69. The fourth-order valence-electron chi connectivity index (χ4n) is 6.04. The van der Waals surface area contributed by atoms with E-state index in [-0.39, 0.29) is 40.9 Å². The molecule has 2 bridgehead atoms. The first kappa shape index (κ1) is 21.3. The van der Waals surface area contributed by atoms with Crippen molar-refractivity contribution in [3.8, 4) is 0 Å². The van der Waals surface area contributed by atoms with Gasteiger partial charge < -0.3 is 15.4 Å². The van der Waals surface area contributed by atoms with Crippen molar-refractivity contribution in [1.29, 1.82) is 0 Å². The summed E-state index contributed by atoms with van der Waals surface area (Å²) in [4.78, 5) is 31.4. The third-order valence-corrected chi connectivity index (χ3v) is 7.69. The van der Waals surface area contributed by atoms with Crippen molar-refractivity contribution in [3.05, 3.63) is 12.2 Å². The molecule has 7 nitrogen and oxygen atoms in total. The molecule has 1 aliphatic heterocycles. The molecule has 1 saturated heterocycles. The monoisotopic (exact) mass is 416 g/mol. The zero-order valence-electron chi connectivity index (χ0n) is 18.4. The van der Waals surface area contributed by atoms with Gasteiger partial charge in [0.15, 0.2) is 5.96 Å². The number of nitrogens with one attached hydrogen (secondary N) is 2. The minimum atomic E-state index is -0.113. The Kier molecular flexibility index (Phi) is 6.46. The normalized spacial score (nSPS) is 31.7. The van der Waals surface area contributed by atoms with E-state index in [0.717, 1.165) is 38.6 Å². The van der Waals surface area contributed by atoms with Crippen molar-refractivity contribution in [3.63, 3.8) is 0 Å². The first-order valence-corrected chi connectivity index (χ1v) is 11.6. The van der Waals surface area contributed by atoms with Crippen LogP contribution in [0.5, 0.6) is 0 Å². The van der Waals surface area contributed by atoms with Crippen molar-refractivity contribution in [2.24, 2.45) is 34.1 Å². The van der Waals surface area contributed by atoms with Crippen LogP contribution in [-0.4, -0.2) is 62.6 Å². The van der Waals surface area contributed by atoms with E-state index in [4.69, 9.17) is 4.74 Å². The second-order valence-corrected chi connectivity index (χ2v) is 9.33. The number of ether oxygens (including phenoxy) is 1. The summed E-state index contributed by atoms with van der Waals surface area (Å²) in [5, 5.41) is 6.77. The Morgan fingerprint density at radius 1 is 1.17 bits per heavy atom. The summed E-state index contributed by atoms with van der Waals surface area (Å²) in [6.45, 7) is 5.41. The molecule has 2 saturated carbocycles. The smallest absolute Gasteiger partial charge is 0.233 e. The van der Waals surface area contributed by atoms with E-state index in [1.54, 1.807) is 7.05 Å². The van der Waals surface area contributed by atoms with Crippen LogP contribution >= 0.6 is 0 Å². The first-order valence-electron chi connectivity index (χ1n) is 11.6. The Labute approximate surface area is 179 Å². The van der Waals surface area contributed by atoms with Crippen LogP contribution in [0.3, 0.4) is 0 Å². The minimum Gasteiger partial charge on any atom is -0.382 e. The summed E-state index contributed by atoms with van der Waals surface area (Å²) in [5.74, 6) is 1.08. The van der Waals surface area contributed by atoms with Crippen LogP contribution in [0.4, 0.5) is 0 Å². The lowest BCUT2D eigenvalue weighted by atomic mass is 9.83. The predicted octanol–water partition coefficient (Wildman–Crippen LogP) is 1.95. The van der Waals surface area contributed by atoms with Gasteiger partial charge in [0.2, 0.25) is 11.8 Å². The molecular formula is C23H36N4O3. The molecule has 0 aromatic heterocycles. The third kappa shape index (κ3) is 4.01. The van der Waals surface area contributed by atoms with Crippen molar-refractivity contribution in [2.75, 3.05) is 39.9 Å².